The number of para-hydroxylation sites is 1. The van der Waals surface area contributed by atoms with Crippen molar-refractivity contribution in [1.29, 1.82) is 0 Å². The molecule has 7 nitrogen and oxygen atoms in total. The van der Waals surface area contributed by atoms with E-state index in [1.165, 1.54) is 11.3 Å². The lowest BCUT2D eigenvalue weighted by Gasteiger charge is -1.98. The van der Waals surface area contributed by atoms with Crippen molar-refractivity contribution in [2.45, 2.75) is 27.2 Å². The zero-order chi connectivity index (χ0) is 18.5. The molecule has 0 aliphatic carbocycles. The van der Waals surface area contributed by atoms with Gasteiger partial charge in [0.1, 0.15) is 11.3 Å². The van der Waals surface area contributed by atoms with Crippen LogP contribution in [0.1, 0.15) is 25.1 Å². The van der Waals surface area contributed by atoms with Crippen LogP contribution in [0.2, 0.25) is 0 Å². The average molecular weight is 378 g/mol. The number of benzene rings is 1. The summed E-state index contributed by atoms with van der Waals surface area (Å²) in [7, 11) is 0. The van der Waals surface area contributed by atoms with E-state index >= 15 is 0 Å². The predicted molar refractivity (Wildman–Crippen MR) is 105 cm³/mol. The Morgan fingerprint density at radius 1 is 1.22 bits per heavy atom. The Balaban J connectivity index is 1.59. The van der Waals surface area contributed by atoms with Gasteiger partial charge in [-0.05, 0) is 31.4 Å². The third kappa shape index (κ3) is 2.64. The minimum atomic E-state index is 0.568. The molecule has 0 bridgehead atoms. The van der Waals surface area contributed by atoms with Crippen LogP contribution < -0.4 is 0 Å². The van der Waals surface area contributed by atoms with E-state index in [1.807, 2.05) is 31.2 Å². The third-order valence-corrected chi connectivity index (χ3v) is 5.44. The molecule has 4 aromatic heterocycles. The quantitative estimate of drug-likeness (QED) is 0.498. The van der Waals surface area contributed by atoms with E-state index in [1.54, 1.807) is 4.52 Å². The largest absolute Gasteiger partial charge is 0.452 e. The topological polar surface area (TPSA) is 84.9 Å². The standard InChI is InChI=1S/C19H18N6OS/c1-10(2)8-12-9-14(21-20-12)18-24-25-17(22-23-19(25)27-18)16-11(3)13-6-4-5-7-15(13)26-16/h4-7,9-10H,8H2,1-3H3,(H,20,21). The first kappa shape index (κ1) is 16.2. The highest BCUT2D eigenvalue weighted by Crippen LogP contribution is 2.33. The van der Waals surface area contributed by atoms with Gasteiger partial charge in [0, 0.05) is 16.6 Å². The number of furan rings is 1. The highest BCUT2D eigenvalue weighted by molar-refractivity contribution is 7.19. The van der Waals surface area contributed by atoms with E-state index in [-0.39, 0.29) is 0 Å². The van der Waals surface area contributed by atoms with Gasteiger partial charge in [-0.25, -0.2) is 0 Å². The van der Waals surface area contributed by atoms with Crippen molar-refractivity contribution in [3.05, 3.63) is 41.6 Å². The molecule has 27 heavy (non-hydrogen) atoms. The monoisotopic (exact) mass is 378 g/mol. The van der Waals surface area contributed by atoms with Crippen molar-refractivity contribution in [1.82, 2.24) is 30.0 Å². The number of aromatic nitrogens is 6. The van der Waals surface area contributed by atoms with E-state index in [2.05, 4.69) is 40.3 Å². The highest BCUT2D eigenvalue weighted by atomic mass is 32.1. The molecule has 1 aromatic carbocycles. The predicted octanol–water partition coefficient (Wildman–Crippen LogP) is 4.50. The van der Waals surface area contributed by atoms with Crippen molar-refractivity contribution >= 4 is 27.3 Å². The fourth-order valence-corrected chi connectivity index (χ4v) is 4.07. The fourth-order valence-electron chi connectivity index (χ4n) is 3.27. The van der Waals surface area contributed by atoms with Crippen LogP contribution in [0.3, 0.4) is 0 Å². The molecule has 5 aromatic rings. The summed E-state index contributed by atoms with van der Waals surface area (Å²) in [6.07, 6.45) is 0.959. The Labute approximate surface area is 159 Å². The molecule has 0 radical (unpaired) electrons. The van der Waals surface area contributed by atoms with Gasteiger partial charge in [0.15, 0.2) is 10.8 Å². The average Bonchev–Trinajstić information content (AvgIpc) is 3.38. The SMILES string of the molecule is Cc1c(-c2nnc3sc(-c4cc(CC(C)C)[nH]n4)nn23)oc2ccccc12. The summed E-state index contributed by atoms with van der Waals surface area (Å²) in [6, 6.07) is 10.0. The maximum atomic E-state index is 6.03. The number of aromatic amines is 1. The van der Waals surface area contributed by atoms with E-state index in [0.717, 1.165) is 39.3 Å². The van der Waals surface area contributed by atoms with Gasteiger partial charge in [-0.15, -0.1) is 10.2 Å². The second-order valence-electron chi connectivity index (χ2n) is 7.05. The molecule has 0 atom stereocenters. The molecule has 0 saturated heterocycles. The second kappa shape index (κ2) is 6.02. The van der Waals surface area contributed by atoms with Crippen molar-refractivity contribution in [3.63, 3.8) is 0 Å². The van der Waals surface area contributed by atoms with Gasteiger partial charge in [0.25, 0.3) is 0 Å². The van der Waals surface area contributed by atoms with Crippen LogP contribution >= 0.6 is 11.3 Å². The Kier molecular flexibility index (Phi) is 3.61. The van der Waals surface area contributed by atoms with Gasteiger partial charge in [-0.1, -0.05) is 43.4 Å². The lowest BCUT2D eigenvalue weighted by atomic mass is 10.1. The molecule has 0 aliphatic rings. The van der Waals surface area contributed by atoms with Crippen molar-refractivity contribution in [2.75, 3.05) is 0 Å². The zero-order valence-electron chi connectivity index (χ0n) is 15.2. The molecule has 0 unspecified atom stereocenters. The minimum Gasteiger partial charge on any atom is -0.452 e. The number of rotatable bonds is 4. The molecule has 8 heteroatoms. The number of nitrogens with one attached hydrogen (secondary N) is 1. The smallest absolute Gasteiger partial charge is 0.235 e. The highest BCUT2D eigenvalue weighted by Gasteiger charge is 2.21. The van der Waals surface area contributed by atoms with Crippen molar-refractivity contribution in [3.8, 4) is 22.3 Å². The summed E-state index contributed by atoms with van der Waals surface area (Å²) in [5.41, 5.74) is 3.81. The van der Waals surface area contributed by atoms with Crippen LogP contribution in [0.25, 0.3) is 38.2 Å². The van der Waals surface area contributed by atoms with Crippen molar-refractivity contribution in [2.24, 2.45) is 5.92 Å². The molecule has 136 valence electrons. The molecule has 0 saturated carbocycles. The number of aryl methyl sites for hydroxylation is 1. The maximum Gasteiger partial charge on any atom is 0.235 e. The first-order valence-corrected chi connectivity index (χ1v) is 9.67. The summed E-state index contributed by atoms with van der Waals surface area (Å²) in [5.74, 6) is 1.88. The van der Waals surface area contributed by atoms with E-state index in [4.69, 9.17) is 9.52 Å². The Bertz CT molecular complexity index is 1260. The lowest BCUT2D eigenvalue weighted by Crippen LogP contribution is -1.93. The number of hydrogen-bond donors (Lipinski definition) is 1. The molecule has 5 rings (SSSR count). The van der Waals surface area contributed by atoms with Crippen LogP contribution in [0.5, 0.6) is 0 Å². The van der Waals surface area contributed by atoms with Crippen LogP contribution in [0.15, 0.2) is 34.7 Å². The van der Waals surface area contributed by atoms with Gasteiger partial charge < -0.3 is 4.42 Å². The second-order valence-corrected chi connectivity index (χ2v) is 8.01. The third-order valence-electron chi connectivity index (χ3n) is 4.52. The van der Waals surface area contributed by atoms with Gasteiger partial charge in [-0.2, -0.15) is 14.7 Å². The number of hydrogen-bond acceptors (Lipinski definition) is 6. The molecule has 0 spiro atoms. The van der Waals surface area contributed by atoms with E-state index < -0.39 is 0 Å². The molecule has 0 fully saturated rings. The molecular formula is C19H18N6OS. The van der Waals surface area contributed by atoms with E-state index in [9.17, 15) is 0 Å². The summed E-state index contributed by atoms with van der Waals surface area (Å²) >= 11 is 1.46. The van der Waals surface area contributed by atoms with Crippen molar-refractivity contribution < 1.29 is 4.42 Å². The Morgan fingerprint density at radius 3 is 2.89 bits per heavy atom. The number of nitrogens with zero attached hydrogens (tertiary/aromatic N) is 5. The Hall–Kier alpha value is -3.00. The molecular weight excluding hydrogens is 360 g/mol. The van der Waals surface area contributed by atoms with Gasteiger partial charge >= 0.3 is 0 Å². The fraction of sp³-hybridized carbons (Fsp3) is 0.263. The zero-order valence-corrected chi connectivity index (χ0v) is 16.0. The summed E-state index contributed by atoms with van der Waals surface area (Å²) < 4.78 is 7.77. The molecule has 0 amide bonds. The minimum absolute atomic E-state index is 0.568. The van der Waals surface area contributed by atoms with Crippen LogP contribution in [0.4, 0.5) is 0 Å². The summed E-state index contributed by atoms with van der Waals surface area (Å²) in [6.45, 7) is 6.40. The number of H-pyrrole nitrogens is 1. The lowest BCUT2D eigenvalue weighted by molar-refractivity contribution is 0.619. The van der Waals surface area contributed by atoms with Crippen LogP contribution in [-0.4, -0.2) is 30.0 Å². The molecule has 0 aliphatic heterocycles. The Morgan fingerprint density at radius 2 is 2.07 bits per heavy atom. The first-order chi connectivity index (χ1) is 13.1. The first-order valence-electron chi connectivity index (χ1n) is 8.85. The summed E-state index contributed by atoms with van der Waals surface area (Å²) in [4.78, 5) is 0.716. The maximum absolute atomic E-state index is 6.03. The number of fused-ring (bicyclic) bond motifs is 2. The van der Waals surface area contributed by atoms with Crippen LogP contribution in [-0.2, 0) is 6.42 Å². The summed E-state index contributed by atoms with van der Waals surface area (Å²) in [5, 5.41) is 22.7. The van der Waals surface area contributed by atoms with Crippen LogP contribution in [0, 0.1) is 12.8 Å². The normalized spacial score (nSPS) is 12.0. The molecule has 1 N–H and O–H groups in total. The van der Waals surface area contributed by atoms with Gasteiger partial charge in [-0.3, -0.25) is 5.10 Å². The van der Waals surface area contributed by atoms with Gasteiger partial charge in [0.05, 0.1) is 0 Å². The van der Waals surface area contributed by atoms with E-state index in [0.29, 0.717) is 22.5 Å². The molecule has 4 heterocycles. The van der Waals surface area contributed by atoms with Gasteiger partial charge in [0.2, 0.25) is 10.8 Å².